The molecular formula is C25H31N3O3. The number of likely N-dealkylation sites (tertiary alicyclic amines) is 1. The van der Waals surface area contributed by atoms with Crippen LogP contribution in [0.2, 0.25) is 0 Å². The minimum atomic E-state index is -0.745. The zero-order valence-corrected chi connectivity index (χ0v) is 18.3. The monoisotopic (exact) mass is 421 g/mol. The third kappa shape index (κ3) is 4.17. The zero-order chi connectivity index (χ0) is 22.0. The van der Waals surface area contributed by atoms with Gasteiger partial charge in [0.15, 0.2) is 0 Å². The number of hydrogen-bond donors (Lipinski definition) is 1. The number of rotatable bonds is 6. The number of benzene rings is 2. The van der Waals surface area contributed by atoms with E-state index in [0.717, 1.165) is 31.6 Å². The summed E-state index contributed by atoms with van der Waals surface area (Å²) in [6.07, 6.45) is 2.00. The summed E-state index contributed by atoms with van der Waals surface area (Å²) in [5, 5.41) is 9.73. The van der Waals surface area contributed by atoms with Gasteiger partial charge in [-0.3, -0.25) is 14.6 Å². The number of amides is 3. The van der Waals surface area contributed by atoms with E-state index in [0.29, 0.717) is 19.4 Å². The first-order valence-electron chi connectivity index (χ1n) is 11.1. The topological polar surface area (TPSA) is 64.1 Å². The highest BCUT2D eigenvalue weighted by Crippen LogP contribution is 2.38. The van der Waals surface area contributed by atoms with E-state index < -0.39 is 5.54 Å². The molecule has 6 heteroatoms. The smallest absolute Gasteiger partial charge is 0.327 e. The van der Waals surface area contributed by atoms with Crippen molar-refractivity contribution in [2.24, 2.45) is 0 Å². The van der Waals surface area contributed by atoms with Crippen LogP contribution < -0.4 is 0 Å². The van der Waals surface area contributed by atoms with Gasteiger partial charge in [0.05, 0.1) is 0 Å². The molecule has 0 aliphatic carbocycles. The van der Waals surface area contributed by atoms with Crippen molar-refractivity contribution in [3.05, 3.63) is 65.7 Å². The van der Waals surface area contributed by atoms with Crippen molar-refractivity contribution < 1.29 is 14.7 Å². The predicted octanol–water partition coefficient (Wildman–Crippen LogP) is 3.64. The molecule has 4 rings (SSSR count). The third-order valence-electron chi connectivity index (χ3n) is 6.55. The number of phenolic OH excluding ortho intramolecular Hbond substituents is 1. The Kier molecular flexibility index (Phi) is 6.01. The fraction of sp³-hybridized carbons (Fsp3) is 0.440. The molecule has 0 aromatic heterocycles. The van der Waals surface area contributed by atoms with E-state index in [-0.39, 0.29) is 23.7 Å². The van der Waals surface area contributed by atoms with E-state index >= 15 is 0 Å². The molecule has 2 aromatic rings. The largest absolute Gasteiger partial charge is 0.508 e. The average molecular weight is 422 g/mol. The van der Waals surface area contributed by atoms with Crippen molar-refractivity contribution in [1.82, 2.24) is 14.7 Å². The van der Waals surface area contributed by atoms with Crippen LogP contribution in [0.4, 0.5) is 4.79 Å². The van der Waals surface area contributed by atoms with Crippen LogP contribution in [0.5, 0.6) is 5.75 Å². The molecule has 2 heterocycles. The van der Waals surface area contributed by atoms with E-state index in [1.807, 2.05) is 49.1 Å². The minimum absolute atomic E-state index is 0.0439. The summed E-state index contributed by atoms with van der Waals surface area (Å²) in [6.45, 7) is 6.56. The van der Waals surface area contributed by atoms with E-state index in [1.54, 1.807) is 12.1 Å². The van der Waals surface area contributed by atoms with Gasteiger partial charge in [-0.15, -0.1) is 0 Å². The number of carbonyl (C=O) groups is 2. The van der Waals surface area contributed by atoms with E-state index in [4.69, 9.17) is 0 Å². The van der Waals surface area contributed by atoms with Crippen LogP contribution in [-0.4, -0.2) is 63.0 Å². The Labute approximate surface area is 184 Å². The molecule has 2 saturated heterocycles. The molecule has 31 heavy (non-hydrogen) atoms. The highest BCUT2D eigenvalue weighted by atomic mass is 16.3. The molecule has 2 aliphatic heterocycles. The highest BCUT2D eigenvalue weighted by Gasteiger charge is 2.58. The second kappa shape index (κ2) is 8.71. The minimum Gasteiger partial charge on any atom is -0.508 e. The second-order valence-electron chi connectivity index (χ2n) is 8.92. The maximum atomic E-state index is 13.5. The third-order valence-corrected chi connectivity index (χ3v) is 6.55. The van der Waals surface area contributed by atoms with Gasteiger partial charge in [0.2, 0.25) is 0 Å². The normalized spacial score (nSPS) is 19.1. The molecule has 2 fully saturated rings. The second-order valence-corrected chi connectivity index (χ2v) is 8.92. The molecule has 3 amide bonds. The van der Waals surface area contributed by atoms with Crippen molar-refractivity contribution in [2.45, 2.75) is 51.2 Å². The molecule has 2 aromatic carbocycles. The van der Waals surface area contributed by atoms with E-state index in [2.05, 4.69) is 17.0 Å². The first-order valence-corrected chi connectivity index (χ1v) is 11.1. The number of nitrogens with zero attached hydrogens (tertiary/aromatic N) is 3. The lowest BCUT2D eigenvalue weighted by Gasteiger charge is -2.42. The van der Waals surface area contributed by atoms with Crippen molar-refractivity contribution in [3.8, 4) is 5.75 Å². The molecule has 0 radical (unpaired) electrons. The van der Waals surface area contributed by atoms with Crippen molar-refractivity contribution in [2.75, 3.05) is 19.6 Å². The molecule has 6 nitrogen and oxygen atoms in total. The number of imide groups is 1. The van der Waals surface area contributed by atoms with Crippen molar-refractivity contribution in [3.63, 3.8) is 0 Å². The Morgan fingerprint density at radius 3 is 2.29 bits per heavy atom. The number of carbonyl (C=O) groups excluding carboxylic acids is 2. The SMILES string of the molecule is CC(C)N1C(=O)N(CCc2ccccc2)C2(CCN(Cc3cccc(O)c3)CC2)C1=O. The first-order chi connectivity index (χ1) is 14.9. The van der Waals surface area contributed by atoms with Crippen LogP contribution in [0.3, 0.4) is 0 Å². The average Bonchev–Trinajstić information content (AvgIpc) is 2.95. The van der Waals surface area contributed by atoms with Crippen LogP contribution in [0.15, 0.2) is 54.6 Å². The van der Waals surface area contributed by atoms with Gasteiger partial charge >= 0.3 is 6.03 Å². The van der Waals surface area contributed by atoms with Crippen LogP contribution in [-0.2, 0) is 17.8 Å². The zero-order valence-electron chi connectivity index (χ0n) is 18.3. The summed E-state index contributed by atoms with van der Waals surface area (Å²) in [6, 6.07) is 17.1. The molecular weight excluding hydrogens is 390 g/mol. The van der Waals surface area contributed by atoms with Crippen LogP contribution in [0.25, 0.3) is 0 Å². The Bertz CT molecular complexity index is 936. The standard InChI is InChI=1S/C25H31N3O3/c1-19(2)28-23(30)25(27(24(28)31)14-11-20-7-4-3-5-8-20)12-15-26(16-13-25)18-21-9-6-10-22(29)17-21/h3-10,17,19,29H,11-16,18H2,1-2H3. The molecule has 0 unspecified atom stereocenters. The molecule has 0 atom stereocenters. The maximum Gasteiger partial charge on any atom is 0.327 e. The van der Waals surface area contributed by atoms with Gasteiger partial charge < -0.3 is 10.0 Å². The molecule has 1 spiro atoms. The lowest BCUT2D eigenvalue weighted by Crippen LogP contribution is -2.56. The lowest BCUT2D eigenvalue weighted by molar-refractivity contribution is -0.136. The maximum absolute atomic E-state index is 13.5. The summed E-state index contributed by atoms with van der Waals surface area (Å²) >= 11 is 0. The summed E-state index contributed by atoms with van der Waals surface area (Å²) in [7, 11) is 0. The van der Waals surface area contributed by atoms with Gasteiger partial charge in [0.1, 0.15) is 11.3 Å². The quantitative estimate of drug-likeness (QED) is 0.724. The Morgan fingerprint density at radius 2 is 1.65 bits per heavy atom. The molecule has 1 N–H and O–H groups in total. The summed E-state index contributed by atoms with van der Waals surface area (Å²) in [5.74, 6) is 0.222. The number of aromatic hydroxyl groups is 1. The Hall–Kier alpha value is -2.86. The van der Waals surface area contributed by atoms with Gasteiger partial charge in [-0.05, 0) is 56.4 Å². The molecule has 0 saturated carbocycles. The van der Waals surface area contributed by atoms with Gasteiger partial charge in [0, 0.05) is 32.2 Å². The number of urea groups is 1. The number of hydrogen-bond acceptors (Lipinski definition) is 4. The number of piperidine rings is 1. The van der Waals surface area contributed by atoms with Crippen molar-refractivity contribution >= 4 is 11.9 Å². The Balaban J connectivity index is 1.50. The van der Waals surface area contributed by atoms with Crippen LogP contribution in [0, 0.1) is 0 Å². The summed E-state index contributed by atoms with van der Waals surface area (Å²) in [4.78, 5) is 32.3. The first kappa shape index (κ1) is 21.4. The fourth-order valence-corrected chi connectivity index (χ4v) is 4.87. The highest BCUT2D eigenvalue weighted by molar-refractivity contribution is 6.07. The summed E-state index contributed by atoms with van der Waals surface area (Å²) in [5.41, 5.74) is 1.47. The lowest BCUT2D eigenvalue weighted by atomic mass is 9.85. The van der Waals surface area contributed by atoms with Gasteiger partial charge in [-0.1, -0.05) is 42.5 Å². The predicted molar refractivity (Wildman–Crippen MR) is 120 cm³/mol. The van der Waals surface area contributed by atoms with E-state index in [1.165, 1.54) is 10.5 Å². The van der Waals surface area contributed by atoms with Gasteiger partial charge in [-0.2, -0.15) is 0 Å². The Morgan fingerprint density at radius 1 is 0.968 bits per heavy atom. The van der Waals surface area contributed by atoms with Crippen molar-refractivity contribution in [1.29, 1.82) is 0 Å². The van der Waals surface area contributed by atoms with Gasteiger partial charge in [-0.25, -0.2) is 4.79 Å². The molecule has 0 bridgehead atoms. The number of phenols is 1. The molecule has 2 aliphatic rings. The van der Waals surface area contributed by atoms with Gasteiger partial charge in [0.25, 0.3) is 5.91 Å². The van der Waals surface area contributed by atoms with E-state index in [9.17, 15) is 14.7 Å². The summed E-state index contributed by atoms with van der Waals surface area (Å²) < 4.78 is 0. The van der Waals surface area contributed by atoms with Crippen LogP contribution >= 0.6 is 0 Å². The molecule has 164 valence electrons. The fourth-order valence-electron chi connectivity index (χ4n) is 4.87. The van der Waals surface area contributed by atoms with Crippen LogP contribution in [0.1, 0.15) is 37.8 Å².